The first-order chi connectivity index (χ1) is 13.0. The standard InChI is InChI=1S/C22H36N4O.HI/c1-6-23-22(25-20-11-13-26(14-12-20)16-17(2)3)24-15-19(5)27-21-10-8-7-9-18(21)4;/h7-10,19-20H,2,6,11-16H2,1,3-5H3,(H2,23,24,25);1H. The Morgan fingerprint density at radius 3 is 2.61 bits per heavy atom. The molecule has 1 aromatic rings. The molecule has 0 aliphatic carbocycles. The van der Waals surface area contributed by atoms with Crippen molar-refractivity contribution in [1.29, 1.82) is 0 Å². The highest BCUT2D eigenvalue weighted by molar-refractivity contribution is 14.0. The van der Waals surface area contributed by atoms with Gasteiger partial charge in [-0.3, -0.25) is 4.90 Å². The predicted octanol–water partition coefficient (Wildman–Crippen LogP) is 3.98. The number of piperidine rings is 1. The molecule has 1 fully saturated rings. The minimum absolute atomic E-state index is 0. The maximum atomic E-state index is 6.04. The van der Waals surface area contributed by atoms with Crippen molar-refractivity contribution >= 4 is 29.9 Å². The predicted molar refractivity (Wildman–Crippen MR) is 130 cm³/mol. The minimum Gasteiger partial charge on any atom is -0.489 e. The fourth-order valence-electron chi connectivity index (χ4n) is 3.29. The van der Waals surface area contributed by atoms with Gasteiger partial charge in [0.2, 0.25) is 0 Å². The summed E-state index contributed by atoms with van der Waals surface area (Å²) in [6.07, 6.45) is 2.29. The number of nitrogens with zero attached hydrogens (tertiary/aromatic N) is 2. The number of benzene rings is 1. The van der Waals surface area contributed by atoms with Gasteiger partial charge < -0.3 is 15.4 Å². The maximum absolute atomic E-state index is 6.04. The molecule has 0 saturated carbocycles. The summed E-state index contributed by atoms with van der Waals surface area (Å²) in [5.74, 6) is 1.82. The molecule has 158 valence electrons. The third-order valence-electron chi connectivity index (χ3n) is 4.69. The molecular formula is C22H37IN4O. The van der Waals surface area contributed by atoms with Gasteiger partial charge in [-0.25, -0.2) is 4.99 Å². The summed E-state index contributed by atoms with van der Waals surface area (Å²) in [5.41, 5.74) is 2.39. The van der Waals surface area contributed by atoms with Crippen LogP contribution in [-0.4, -0.2) is 55.7 Å². The van der Waals surface area contributed by atoms with Crippen molar-refractivity contribution < 1.29 is 4.74 Å². The molecule has 0 aromatic heterocycles. The van der Waals surface area contributed by atoms with Gasteiger partial charge in [0.1, 0.15) is 11.9 Å². The molecule has 1 heterocycles. The monoisotopic (exact) mass is 500 g/mol. The van der Waals surface area contributed by atoms with Crippen LogP contribution in [-0.2, 0) is 0 Å². The summed E-state index contributed by atoms with van der Waals surface area (Å²) in [5, 5.41) is 6.96. The molecule has 1 aliphatic rings. The van der Waals surface area contributed by atoms with Crippen LogP contribution in [0.2, 0.25) is 0 Å². The second-order valence-electron chi connectivity index (χ2n) is 7.57. The molecule has 5 nitrogen and oxygen atoms in total. The number of para-hydroxylation sites is 1. The number of halogens is 1. The van der Waals surface area contributed by atoms with E-state index in [2.05, 4.69) is 55.9 Å². The van der Waals surface area contributed by atoms with E-state index in [1.54, 1.807) is 0 Å². The van der Waals surface area contributed by atoms with Gasteiger partial charge in [-0.1, -0.05) is 30.4 Å². The van der Waals surface area contributed by atoms with Gasteiger partial charge in [-0.2, -0.15) is 0 Å². The van der Waals surface area contributed by atoms with Crippen LogP contribution < -0.4 is 15.4 Å². The largest absolute Gasteiger partial charge is 0.489 e. The molecule has 0 spiro atoms. The van der Waals surface area contributed by atoms with Gasteiger partial charge in [0.25, 0.3) is 0 Å². The van der Waals surface area contributed by atoms with Crippen molar-refractivity contribution in [3.05, 3.63) is 42.0 Å². The van der Waals surface area contributed by atoms with Crippen LogP contribution in [0.15, 0.2) is 41.4 Å². The number of likely N-dealkylation sites (tertiary alicyclic amines) is 1. The summed E-state index contributed by atoms with van der Waals surface area (Å²) in [4.78, 5) is 7.22. The Kier molecular flexibility index (Phi) is 11.5. The van der Waals surface area contributed by atoms with E-state index in [9.17, 15) is 0 Å². The number of rotatable bonds is 8. The number of guanidine groups is 1. The van der Waals surface area contributed by atoms with E-state index in [1.165, 1.54) is 5.57 Å². The quantitative estimate of drug-likeness (QED) is 0.246. The van der Waals surface area contributed by atoms with E-state index in [1.807, 2.05) is 18.2 Å². The van der Waals surface area contributed by atoms with Crippen LogP contribution in [0.25, 0.3) is 0 Å². The summed E-state index contributed by atoms with van der Waals surface area (Å²) in [7, 11) is 0. The second-order valence-corrected chi connectivity index (χ2v) is 7.57. The van der Waals surface area contributed by atoms with Crippen LogP contribution in [0.3, 0.4) is 0 Å². The summed E-state index contributed by atoms with van der Waals surface area (Å²) in [6.45, 7) is 17.0. The Labute approximate surface area is 188 Å². The second kappa shape index (κ2) is 13.0. The molecule has 2 N–H and O–H groups in total. The van der Waals surface area contributed by atoms with Gasteiger partial charge in [0.15, 0.2) is 5.96 Å². The Hall–Kier alpha value is -1.28. The molecular weight excluding hydrogens is 463 g/mol. The molecule has 28 heavy (non-hydrogen) atoms. The minimum atomic E-state index is 0. The lowest BCUT2D eigenvalue weighted by atomic mass is 10.0. The van der Waals surface area contributed by atoms with Crippen molar-refractivity contribution in [2.75, 3.05) is 32.7 Å². The third-order valence-corrected chi connectivity index (χ3v) is 4.69. The highest BCUT2D eigenvalue weighted by Gasteiger charge is 2.19. The average Bonchev–Trinajstić information content (AvgIpc) is 2.63. The van der Waals surface area contributed by atoms with Crippen LogP contribution in [0.5, 0.6) is 5.75 Å². The zero-order chi connectivity index (χ0) is 19.6. The van der Waals surface area contributed by atoms with Crippen molar-refractivity contribution in [1.82, 2.24) is 15.5 Å². The lowest BCUT2D eigenvalue weighted by molar-refractivity contribution is 0.219. The highest BCUT2D eigenvalue weighted by Crippen LogP contribution is 2.17. The molecule has 1 aliphatic heterocycles. The Morgan fingerprint density at radius 1 is 1.32 bits per heavy atom. The molecule has 6 heteroatoms. The van der Waals surface area contributed by atoms with Crippen molar-refractivity contribution in [3.8, 4) is 5.75 Å². The topological polar surface area (TPSA) is 48.9 Å². The van der Waals surface area contributed by atoms with E-state index in [0.29, 0.717) is 12.6 Å². The zero-order valence-electron chi connectivity index (χ0n) is 17.8. The van der Waals surface area contributed by atoms with E-state index < -0.39 is 0 Å². The Balaban J connectivity index is 0.00000392. The van der Waals surface area contributed by atoms with E-state index in [-0.39, 0.29) is 30.1 Å². The molecule has 0 bridgehead atoms. The number of hydrogen-bond donors (Lipinski definition) is 2. The van der Waals surface area contributed by atoms with Gasteiger partial charge in [0.05, 0.1) is 6.54 Å². The van der Waals surface area contributed by atoms with Crippen molar-refractivity contribution in [2.24, 2.45) is 4.99 Å². The number of aliphatic imine (C=N–C) groups is 1. The number of ether oxygens (including phenoxy) is 1. The lowest BCUT2D eigenvalue weighted by Gasteiger charge is -2.33. The molecule has 1 aromatic carbocycles. The van der Waals surface area contributed by atoms with Crippen LogP contribution in [0, 0.1) is 6.92 Å². The van der Waals surface area contributed by atoms with Crippen LogP contribution in [0.4, 0.5) is 0 Å². The molecule has 0 amide bonds. The lowest BCUT2D eigenvalue weighted by Crippen LogP contribution is -2.49. The first kappa shape index (κ1) is 24.8. The zero-order valence-corrected chi connectivity index (χ0v) is 20.2. The first-order valence-corrected chi connectivity index (χ1v) is 10.1. The first-order valence-electron chi connectivity index (χ1n) is 10.1. The maximum Gasteiger partial charge on any atom is 0.191 e. The molecule has 1 saturated heterocycles. The molecule has 2 rings (SSSR count). The fraction of sp³-hybridized carbons (Fsp3) is 0.591. The average molecular weight is 500 g/mol. The Bertz CT molecular complexity index is 627. The van der Waals surface area contributed by atoms with Gasteiger partial charge in [0, 0.05) is 32.2 Å². The molecule has 0 radical (unpaired) electrons. The van der Waals surface area contributed by atoms with Crippen LogP contribution >= 0.6 is 24.0 Å². The summed E-state index contributed by atoms with van der Waals surface area (Å²) in [6, 6.07) is 8.58. The SMILES string of the molecule is C=C(C)CN1CCC(NC(=NCC(C)Oc2ccccc2C)NCC)CC1.I. The molecule has 1 unspecified atom stereocenters. The van der Waals surface area contributed by atoms with Gasteiger partial charge in [-0.05, 0) is 52.2 Å². The number of hydrogen-bond acceptors (Lipinski definition) is 3. The fourth-order valence-corrected chi connectivity index (χ4v) is 3.29. The third kappa shape index (κ3) is 8.82. The van der Waals surface area contributed by atoms with E-state index >= 15 is 0 Å². The van der Waals surface area contributed by atoms with Gasteiger partial charge >= 0.3 is 0 Å². The number of aryl methyl sites for hydroxylation is 1. The molecule has 1 atom stereocenters. The van der Waals surface area contributed by atoms with E-state index in [4.69, 9.17) is 9.73 Å². The summed E-state index contributed by atoms with van der Waals surface area (Å²) >= 11 is 0. The smallest absolute Gasteiger partial charge is 0.191 e. The normalized spacial score (nSPS) is 16.8. The Morgan fingerprint density at radius 2 is 2.00 bits per heavy atom. The van der Waals surface area contributed by atoms with E-state index in [0.717, 1.165) is 56.3 Å². The van der Waals surface area contributed by atoms with Crippen molar-refractivity contribution in [2.45, 2.75) is 52.7 Å². The van der Waals surface area contributed by atoms with Gasteiger partial charge in [-0.15, -0.1) is 24.0 Å². The number of nitrogens with one attached hydrogen (secondary N) is 2. The summed E-state index contributed by atoms with van der Waals surface area (Å²) < 4.78 is 6.04. The van der Waals surface area contributed by atoms with Crippen molar-refractivity contribution in [3.63, 3.8) is 0 Å². The highest BCUT2D eigenvalue weighted by atomic mass is 127. The van der Waals surface area contributed by atoms with Crippen LogP contribution in [0.1, 0.15) is 39.2 Å².